The van der Waals surface area contributed by atoms with E-state index < -0.39 is 11.9 Å². The van der Waals surface area contributed by atoms with E-state index in [0.717, 1.165) is 39.3 Å². The number of morpholine rings is 1. The van der Waals surface area contributed by atoms with Crippen molar-refractivity contribution >= 4 is 34.0 Å². The Morgan fingerprint density at radius 2 is 1.95 bits per heavy atom. The average molecular weight is 548 g/mol. The molecule has 4 N–H and O–H groups in total. The van der Waals surface area contributed by atoms with E-state index in [2.05, 4.69) is 9.88 Å². The summed E-state index contributed by atoms with van der Waals surface area (Å²) in [6.45, 7) is 6.62. The molecule has 0 unspecified atom stereocenters. The SMILES string of the molecule is C/C=C/Cc1c(C(N)=O)cc(OC)c2c1nc(-n1cnc3cccc(OCCCN4CCOCC4)c31)n2C(N)=O. The number of fused-ring (bicyclic) bond motifs is 2. The number of nitrogens with zero attached hydrogens (tertiary/aromatic N) is 5. The molecule has 2 aromatic carbocycles. The van der Waals surface area contributed by atoms with Gasteiger partial charge in [0.1, 0.15) is 28.9 Å². The van der Waals surface area contributed by atoms with Crippen LogP contribution in [0.2, 0.25) is 0 Å². The number of hydrogen-bond donors (Lipinski definition) is 2. The third-order valence-electron chi connectivity index (χ3n) is 6.97. The summed E-state index contributed by atoms with van der Waals surface area (Å²) in [5.41, 5.74) is 14.4. The van der Waals surface area contributed by atoms with E-state index in [-0.39, 0.29) is 17.3 Å². The maximum atomic E-state index is 12.9. The molecule has 1 aliphatic rings. The molecule has 1 aliphatic heterocycles. The number of benzene rings is 2. The van der Waals surface area contributed by atoms with Crippen LogP contribution in [0.25, 0.3) is 28.0 Å². The van der Waals surface area contributed by atoms with Crippen molar-refractivity contribution in [3.05, 3.63) is 53.9 Å². The van der Waals surface area contributed by atoms with Crippen LogP contribution in [-0.2, 0) is 11.2 Å². The molecule has 0 aliphatic carbocycles. The van der Waals surface area contributed by atoms with Crippen molar-refractivity contribution in [2.75, 3.05) is 46.6 Å². The van der Waals surface area contributed by atoms with Crippen LogP contribution >= 0.6 is 0 Å². The number of carbonyl (C=O) groups excluding carboxylic acids is 2. The van der Waals surface area contributed by atoms with Gasteiger partial charge < -0.3 is 25.7 Å². The third kappa shape index (κ3) is 5.10. The number of allylic oxidation sites excluding steroid dienone is 2. The molecule has 0 spiro atoms. The fourth-order valence-corrected chi connectivity index (χ4v) is 5.05. The Balaban J connectivity index is 1.61. The Morgan fingerprint density at radius 1 is 1.15 bits per heavy atom. The molecule has 1 fully saturated rings. The molecule has 0 radical (unpaired) electrons. The maximum Gasteiger partial charge on any atom is 0.326 e. The molecule has 1 saturated heterocycles. The number of primary amides is 2. The predicted molar refractivity (Wildman–Crippen MR) is 150 cm³/mol. The van der Waals surface area contributed by atoms with Crippen LogP contribution in [-0.4, -0.2) is 82.5 Å². The summed E-state index contributed by atoms with van der Waals surface area (Å²) in [5.74, 6) is 0.403. The quantitative estimate of drug-likeness (QED) is 0.227. The molecule has 40 heavy (non-hydrogen) atoms. The minimum absolute atomic E-state index is 0.191. The van der Waals surface area contributed by atoms with E-state index in [1.54, 1.807) is 10.9 Å². The standard InChI is InChI=1S/C28H33N7O5/c1-3-4-7-18-19(26(29)36)16-22(38-2)25-23(18)32-28(35(25)27(30)37)34-17-31-20-8-5-9-21(24(20)34)40-13-6-10-33-11-14-39-15-12-33/h3-5,8-9,16-17H,6-7,10-15H2,1-2H3,(H2,29,36)(H2,30,37)/b4-3+. The molecular weight excluding hydrogens is 514 g/mol. The summed E-state index contributed by atoms with van der Waals surface area (Å²) in [5, 5.41) is 0. The van der Waals surface area contributed by atoms with Crippen LogP contribution in [0.1, 0.15) is 29.3 Å². The molecule has 2 aromatic heterocycles. The number of aromatic nitrogens is 4. The average Bonchev–Trinajstić information content (AvgIpc) is 3.57. The van der Waals surface area contributed by atoms with Crippen LogP contribution < -0.4 is 20.9 Å². The second-order valence-corrected chi connectivity index (χ2v) is 9.42. The second kappa shape index (κ2) is 11.8. The second-order valence-electron chi connectivity index (χ2n) is 9.42. The van der Waals surface area contributed by atoms with Crippen molar-refractivity contribution in [1.29, 1.82) is 0 Å². The van der Waals surface area contributed by atoms with Gasteiger partial charge in [-0.05, 0) is 43.5 Å². The molecule has 0 saturated carbocycles. The van der Waals surface area contributed by atoms with Gasteiger partial charge in [0, 0.05) is 25.2 Å². The fraction of sp³-hybridized carbons (Fsp3) is 0.357. The normalized spacial score (nSPS) is 14.3. The lowest BCUT2D eigenvalue weighted by Gasteiger charge is -2.26. The lowest BCUT2D eigenvalue weighted by molar-refractivity contribution is 0.0358. The Labute approximate surface area is 231 Å². The van der Waals surface area contributed by atoms with Crippen molar-refractivity contribution in [3.8, 4) is 17.4 Å². The zero-order valence-corrected chi connectivity index (χ0v) is 22.6. The lowest BCUT2D eigenvalue weighted by Crippen LogP contribution is -2.37. The smallest absolute Gasteiger partial charge is 0.326 e. The highest BCUT2D eigenvalue weighted by atomic mass is 16.5. The molecule has 2 amide bonds. The number of para-hydroxylation sites is 1. The highest BCUT2D eigenvalue weighted by Gasteiger charge is 2.27. The topological polar surface area (TPSA) is 153 Å². The Kier molecular flexibility index (Phi) is 7.99. The lowest BCUT2D eigenvalue weighted by atomic mass is 10.0. The van der Waals surface area contributed by atoms with Crippen molar-refractivity contribution in [3.63, 3.8) is 0 Å². The van der Waals surface area contributed by atoms with Gasteiger partial charge in [-0.1, -0.05) is 18.2 Å². The summed E-state index contributed by atoms with van der Waals surface area (Å²) in [4.78, 5) is 37.0. The molecular formula is C28H33N7O5. The number of methoxy groups -OCH3 is 1. The first-order chi connectivity index (χ1) is 19.4. The number of imidazole rings is 2. The van der Waals surface area contributed by atoms with Crippen LogP contribution in [0.3, 0.4) is 0 Å². The van der Waals surface area contributed by atoms with Crippen molar-refractivity contribution < 1.29 is 23.8 Å². The number of hydrogen-bond acceptors (Lipinski definition) is 8. The monoisotopic (exact) mass is 547 g/mol. The van der Waals surface area contributed by atoms with Gasteiger partial charge in [0.2, 0.25) is 11.9 Å². The molecule has 4 aromatic rings. The number of carbonyl (C=O) groups is 2. The van der Waals surface area contributed by atoms with Gasteiger partial charge in [-0.3, -0.25) is 14.3 Å². The first kappa shape index (κ1) is 27.2. The molecule has 3 heterocycles. The summed E-state index contributed by atoms with van der Waals surface area (Å²) < 4.78 is 20.1. The van der Waals surface area contributed by atoms with E-state index in [4.69, 9.17) is 30.7 Å². The molecule has 12 heteroatoms. The maximum absolute atomic E-state index is 12.9. The zero-order valence-electron chi connectivity index (χ0n) is 22.6. The van der Waals surface area contributed by atoms with E-state index in [1.807, 2.05) is 37.3 Å². The molecule has 0 bridgehead atoms. The van der Waals surface area contributed by atoms with Crippen LogP contribution in [0.4, 0.5) is 4.79 Å². The van der Waals surface area contributed by atoms with E-state index in [1.165, 1.54) is 17.7 Å². The van der Waals surface area contributed by atoms with Gasteiger partial charge in [-0.15, -0.1) is 0 Å². The van der Waals surface area contributed by atoms with Crippen molar-refractivity contribution in [1.82, 2.24) is 24.0 Å². The molecule has 5 rings (SSSR count). The highest BCUT2D eigenvalue weighted by Crippen LogP contribution is 2.35. The summed E-state index contributed by atoms with van der Waals surface area (Å²) in [6.07, 6.45) is 6.52. The molecule has 210 valence electrons. The third-order valence-corrected chi connectivity index (χ3v) is 6.97. The molecule has 12 nitrogen and oxygen atoms in total. The van der Waals surface area contributed by atoms with Crippen LogP contribution in [0.5, 0.6) is 11.5 Å². The zero-order chi connectivity index (χ0) is 28.2. The van der Waals surface area contributed by atoms with Crippen molar-refractivity contribution in [2.24, 2.45) is 11.5 Å². The minimum atomic E-state index is -0.773. The first-order valence-electron chi connectivity index (χ1n) is 13.2. The van der Waals surface area contributed by atoms with Gasteiger partial charge >= 0.3 is 6.03 Å². The molecule has 0 atom stereocenters. The number of rotatable bonds is 10. The van der Waals surface area contributed by atoms with Gasteiger partial charge in [0.25, 0.3) is 0 Å². The number of ether oxygens (including phenoxy) is 3. The minimum Gasteiger partial charge on any atom is -0.494 e. The largest absolute Gasteiger partial charge is 0.494 e. The van der Waals surface area contributed by atoms with Crippen LogP contribution in [0, 0.1) is 0 Å². The van der Waals surface area contributed by atoms with E-state index in [9.17, 15) is 9.59 Å². The Morgan fingerprint density at radius 3 is 2.65 bits per heavy atom. The number of nitrogens with two attached hydrogens (primary N) is 2. The van der Waals surface area contributed by atoms with Gasteiger partial charge in [0.15, 0.2) is 0 Å². The van der Waals surface area contributed by atoms with Gasteiger partial charge in [0.05, 0.1) is 38.0 Å². The summed E-state index contributed by atoms with van der Waals surface area (Å²) in [7, 11) is 1.44. The van der Waals surface area contributed by atoms with E-state index >= 15 is 0 Å². The summed E-state index contributed by atoms with van der Waals surface area (Å²) in [6, 6.07) is 6.32. The van der Waals surface area contributed by atoms with Crippen molar-refractivity contribution in [2.45, 2.75) is 19.8 Å². The first-order valence-corrected chi connectivity index (χ1v) is 13.2. The Hall–Kier alpha value is -4.42. The fourth-order valence-electron chi connectivity index (χ4n) is 5.05. The van der Waals surface area contributed by atoms with E-state index in [0.29, 0.717) is 46.4 Å². The van der Waals surface area contributed by atoms with Gasteiger partial charge in [-0.25, -0.2) is 19.3 Å². The van der Waals surface area contributed by atoms with Gasteiger partial charge in [-0.2, -0.15) is 0 Å². The highest BCUT2D eigenvalue weighted by molar-refractivity contribution is 6.04. The summed E-state index contributed by atoms with van der Waals surface area (Å²) >= 11 is 0. The number of amides is 2. The Bertz CT molecular complexity index is 1580. The van der Waals surface area contributed by atoms with Crippen LogP contribution in [0.15, 0.2) is 42.7 Å². The predicted octanol–water partition coefficient (Wildman–Crippen LogP) is 2.63.